The zero-order valence-electron chi connectivity index (χ0n) is 65.3. The second-order valence-electron chi connectivity index (χ2n) is 27.3. The van der Waals surface area contributed by atoms with E-state index >= 15 is 0 Å². The lowest BCUT2D eigenvalue weighted by Gasteiger charge is -2.40. The summed E-state index contributed by atoms with van der Waals surface area (Å²) in [6.07, 6.45) is -9.64. The van der Waals surface area contributed by atoms with Crippen LogP contribution in [0, 0.1) is 35.0 Å². The van der Waals surface area contributed by atoms with E-state index in [4.69, 9.17) is 61.6 Å². The zero-order chi connectivity index (χ0) is 87.0. The lowest BCUT2D eigenvalue weighted by molar-refractivity contribution is -0.272. The van der Waals surface area contributed by atoms with Gasteiger partial charge >= 0.3 is 33.2 Å². The van der Waals surface area contributed by atoms with Gasteiger partial charge in [-0.15, -0.1) is 10.2 Å². The molecule has 2 aromatic heterocycles. The molecular weight excluding hydrogens is 1660 g/mol. The van der Waals surface area contributed by atoms with Gasteiger partial charge in [-0.1, -0.05) is 5.21 Å². The first-order chi connectivity index (χ1) is 57.4. The number of urea groups is 2. The number of phenolic OH excluding ortho intramolecular Hbond substituents is 2. The van der Waals surface area contributed by atoms with Gasteiger partial charge in [0.05, 0.1) is 148 Å². The molecule has 42 nitrogen and oxygen atoms in total. The summed E-state index contributed by atoms with van der Waals surface area (Å²) in [5, 5.41) is 110. The second kappa shape index (κ2) is 52.6. The van der Waals surface area contributed by atoms with Gasteiger partial charge in [0.15, 0.2) is 23.0 Å². The average molecular weight is 1770 g/mol. The Morgan fingerprint density at radius 2 is 0.883 bits per heavy atom. The maximum Gasteiger partial charge on any atom is 0.325 e. The quantitative estimate of drug-likeness (QED) is 0.00386. The van der Waals surface area contributed by atoms with E-state index in [1.54, 1.807) is 10.9 Å². The summed E-state index contributed by atoms with van der Waals surface area (Å²) in [6, 6.07) is 6.51. The van der Waals surface area contributed by atoms with E-state index in [1.165, 1.54) is 35.1 Å². The number of esters is 1. The standard InChI is InChI=1S/C71H106F5N11O31P2/c72-56-57(73)59(75)67(60(76)58(56)74)118-55(90)14-23-108-28-33-110-30-25-105-20-11-44(12-21-106-26-31-111-34-29-109-24-19-86-41-47(82-84-86)5-1-3-17-77-70(97)80-45-7-9-51(49(88)39-45)114-68-65(95)63(93)61(91)53(116-68)15-37-119(99,100)101)13-22-107-27-32-112-35-36-113-43-79-87-42-48(83-85-87)6-2-4-18-78-71(98)81-46-8-10-52(50(89)40-46)115-69-66(96)64(94)62(92)54(117-69)16-38-120(102,103)104/h7-10,39-42,44,53-54,61-66,68-69,79,88-89,91-96H,1-6,11-38,43H2,(H2,77,80,97)(H2,78,81,98)(H2,99,100,101)(H2,102,103,104)/t44?,53-,54-,61-,62-,63+,64+,65+,66+,68+,69+/m1/s1. The van der Waals surface area contributed by atoms with Gasteiger partial charge in [-0.2, -0.15) is 13.6 Å². The summed E-state index contributed by atoms with van der Waals surface area (Å²) in [5.74, 6) is -15.7. The highest BCUT2D eigenvalue weighted by molar-refractivity contribution is 7.52. The van der Waals surface area contributed by atoms with Crippen LogP contribution in [0.2, 0.25) is 0 Å². The number of rotatable bonds is 59. The Morgan fingerprint density at radius 1 is 0.483 bits per heavy atom. The van der Waals surface area contributed by atoms with Crippen LogP contribution in [0.1, 0.15) is 75.6 Å². The molecule has 2 aliphatic rings. The number of benzene rings is 3. The SMILES string of the molecule is O=C(NCCCCc1cn(CCOCCOCCOCCC(CCOCCOCCOCCC(=O)Oc2c(F)c(F)c(F)c(F)c2F)CCOCCOCCOCNn2cc(CCCCNC(=O)Nc3ccc(O[C@H]4O[C@H](CCP(=O)(O)O)[C@@H](O)[C@H](O)[C@@H]4O)c(O)c3)nn2)nn1)Nc1ccc(O[C@H]2O[C@H](CCP(=O)(O)O)[C@@H](O)[C@H](O)[C@@H]2O)c(O)c1. The molecule has 120 heavy (non-hydrogen) atoms. The lowest BCUT2D eigenvalue weighted by atomic mass is 9.97. The number of phenols is 2. The van der Waals surface area contributed by atoms with Gasteiger partial charge < -0.3 is 148 Å². The van der Waals surface area contributed by atoms with E-state index in [0.29, 0.717) is 156 Å². The van der Waals surface area contributed by atoms with E-state index in [-0.39, 0.29) is 88.0 Å². The first-order valence-corrected chi connectivity index (χ1v) is 42.1. The molecule has 0 radical (unpaired) electrons. The molecule has 0 bridgehead atoms. The Kier molecular flexibility index (Phi) is 43.6. The predicted octanol–water partition coefficient (Wildman–Crippen LogP) is 1.91. The number of carbonyl (C=O) groups is 3. The van der Waals surface area contributed by atoms with Crippen molar-refractivity contribution in [1.29, 1.82) is 0 Å². The molecule has 1 unspecified atom stereocenters. The minimum absolute atomic E-state index is 0.00606. The third-order valence-electron chi connectivity index (χ3n) is 18.0. The summed E-state index contributed by atoms with van der Waals surface area (Å²) in [4.78, 5) is 75.4. The highest BCUT2D eigenvalue weighted by atomic mass is 31.2. The van der Waals surface area contributed by atoms with Crippen molar-refractivity contribution in [3.63, 3.8) is 0 Å². The molecule has 2 saturated heterocycles. The van der Waals surface area contributed by atoms with Gasteiger partial charge in [0, 0.05) is 62.6 Å². The van der Waals surface area contributed by atoms with E-state index in [1.807, 2.05) is 6.20 Å². The molecule has 0 spiro atoms. The largest absolute Gasteiger partial charge is 0.504 e. The second-order valence-corrected chi connectivity index (χ2v) is 30.8. The number of hydrogen-bond donors (Lipinski definition) is 17. The lowest BCUT2D eigenvalue weighted by Crippen LogP contribution is -2.59. The summed E-state index contributed by atoms with van der Waals surface area (Å²) in [7, 11) is -8.94. The number of aromatic nitrogens is 6. The molecule has 0 saturated carbocycles. The van der Waals surface area contributed by atoms with Crippen LogP contribution in [0.15, 0.2) is 48.8 Å². The minimum Gasteiger partial charge on any atom is -0.504 e. The number of amides is 4. The third kappa shape index (κ3) is 36.3. The van der Waals surface area contributed by atoms with Crippen LogP contribution in [0.25, 0.3) is 0 Å². The summed E-state index contributed by atoms with van der Waals surface area (Å²) in [5.41, 5.74) is 4.76. The monoisotopic (exact) mass is 1770 g/mol. The van der Waals surface area contributed by atoms with Crippen molar-refractivity contribution in [2.75, 3.05) is 161 Å². The molecule has 4 amide bonds. The minimum atomic E-state index is -4.47. The number of anilines is 2. The number of aliphatic hydroxyl groups excluding tert-OH is 6. The van der Waals surface area contributed by atoms with E-state index in [9.17, 15) is 106 Å². The van der Waals surface area contributed by atoms with Crippen molar-refractivity contribution in [3.05, 3.63) is 89.3 Å². The van der Waals surface area contributed by atoms with Crippen molar-refractivity contribution in [2.24, 2.45) is 5.92 Å². The van der Waals surface area contributed by atoms with Crippen molar-refractivity contribution < 1.29 is 172 Å². The number of unbranched alkanes of at least 4 members (excludes halogenated alkanes) is 2. The van der Waals surface area contributed by atoms with E-state index in [2.05, 4.69) is 52.1 Å². The van der Waals surface area contributed by atoms with Crippen molar-refractivity contribution in [2.45, 2.75) is 145 Å². The van der Waals surface area contributed by atoms with Crippen LogP contribution >= 0.6 is 15.2 Å². The summed E-state index contributed by atoms with van der Waals surface area (Å²) < 4.78 is 170. The number of aliphatic hydroxyl groups is 6. The molecule has 0 aliphatic carbocycles. The van der Waals surface area contributed by atoms with Crippen LogP contribution in [-0.2, 0) is 85.4 Å². The molecule has 5 aromatic rings. The Hall–Kier alpha value is -7.78. The van der Waals surface area contributed by atoms with Crippen LogP contribution in [0.3, 0.4) is 0 Å². The fourth-order valence-corrected chi connectivity index (χ4v) is 12.6. The number of carbonyl (C=O) groups excluding carboxylic acids is 3. The Morgan fingerprint density at radius 3 is 1.32 bits per heavy atom. The molecule has 11 atom stereocenters. The van der Waals surface area contributed by atoms with Crippen LogP contribution in [0.4, 0.5) is 42.9 Å². The molecule has 4 heterocycles. The number of ether oxygens (including phenoxy) is 14. The summed E-state index contributed by atoms with van der Waals surface area (Å²) in [6.45, 7) is 5.56. The molecule has 2 aliphatic heterocycles. The molecule has 676 valence electrons. The van der Waals surface area contributed by atoms with Gasteiger partial charge in [-0.25, -0.2) is 27.4 Å². The molecule has 49 heteroatoms. The van der Waals surface area contributed by atoms with Gasteiger partial charge in [-0.05, 0) is 106 Å². The van der Waals surface area contributed by atoms with E-state index in [0.717, 1.165) is 11.8 Å². The van der Waals surface area contributed by atoms with Gasteiger partial charge in [0.2, 0.25) is 47.4 Å². The molecule has 3 aromatic carbocycles. The Balaban J connectivity index is 0.693. The van der Waals surface area contributed by atoms with Crippen LogP contribution in [0.5, 0.6) is 28.7 Å². The maximum atomic E-state index is 13.9. The first kappa shape index (κ1) is 99.3. The Labute approximate surface area is 684 Å². The van der Waals surface area contributed by atoms with Crippen LogP contribution in [-0.4, -0.2) is 314 Å². The molecular formula is C71H106F5N11O31P2. The smallest absolute Gasteiger partial charge is 0.325 e. The maximum absolute atomic E-state index is 13.9. The van der Waals surface area contributed by atoms with Gasteiger partial charge in [-0.3, -0.25) is 19.4 Å². The number of nitrogens with zero attached hydrogens (tertiary/aromatic N) is 6. The number of nitrogens with one attached hydrogen (secondary N) is 5. The predicted molar refractivity (Wildman–Crippen MR) is 404 cm³/mol. The van der Waals surface area contributed by atoms with Gasteiger partial charge in [0.1, 0.15) is 43.4 Å². The van der Waals surface area contributed by atoms with Crippen LogP contribution < -0.4 is 40.9 Å². The van der Waals surface area contributed by atoms with Crippen molar-refractivity contribution in [1.82, 2.24) is 40.7 Å². The fraction of sp³-hybridized carbons (Fsp3) is 0.648. The zero-order valence-corrected chi connectivity index (χ0v) is 67.1. The highest BCUT2D eigenvalue weighted by Gasteiger charge is 2.47. The van der Waals surface area contributed by atoms with Crippen molar-refractivity contribution in [3.8, 4) is 28.7 Å². The Bertz CT molecular complexity index is 3760. The molecule has 17 N–H and O–H groups in total. The normalized spacial score (nSPS) is 19.7. The number of aryl methyl sites for hydroxylation is 2. The molecule has 7 rings (SSSR count). The average Bonchev–Trinajstić information content (AvgIpc) is 0.851. The van der Waals surface area contributed by atoms with Gasteiger partial charge in [0.25, 0.3) is 0 Å². The fourth-order valence-electron chi connectivity index (χ4n) is 11.4. The number of halogens is 5. The van der Waals surface area contributed by atoms with E-state index < -0.39 is 160 Å². The topological polar surface area (TPSA) is 579 Å². The van der Waals surface area contributed by atoms with Crippen molar-refractivity contribution >= 4 is 44.6 Å². The summed E-state index contributed by atoms with van der Waals surface area (Å²) >= 11 is 0. The molecule has 2 fully saturated rings. The first-order valence-electron chi connectivity index (χ1n) is 38.5. The number of hydrogen-bond acceptors (Lipinski definition) is 32. The number of aromatic hydroxyl groups is 2. The third-order valence-corrected chi connectivity index (χ3v) is 19.6. The highest BCUT2D eigenvalue weighted by Crippen LogP contribution is 2.41.